The van der Waals surface area contributed by atoms with Crippen molar-refractivity contribution in [3.05, 3.63) is 55.6 Å². The molecule has 3 aromatic rings. The largest absolute Gasteiger partial charge is 0.341 e. The van der Waals surface area contributed by atoms with Crippen molar-refractivity contribution in [1.29, 1.82) is 0 Å². The number of hydrogen-bond donors (Lipinski definition) is 1. The summed E-state index contributed by atoms with van der Waals surface area (Å²) in [6, 6.07) is 9.55. The number of benzene rings is 1. The minimum absolute atomic E-state index is 0.00706. The predicted molar refractivity (Wildman–Crippen MR) is 91.4 cm³/mol. The van der Waals surface area contributed by atoms with E-state index in [0.29, 0.717) is 17.2 Å². The van der Waals surface area contributed by atoms with E-state index >= 15 is 0 Å². The lowest BCUT2D eigenvalue weighted by Crippen LogP contribution is -2.32. The number of aromatic amines is 1. The highest BCUT2D eigenvalue weighted by atomic mass is 32.2. The fourth-order valence-corrected chi connectivity index (χ4v) is 2.98. The van der Waals surface area contributed by atoms with Crippen LogP contribution in [0.2, 0.25) is 0 Å². The van der Waals surface area contributed by atoms with E-state index in [1.54, 1.807) is 17.3 Å². The summed E-state index contributed by atoms with van der Waals surface area (Å²) < 4.78 is 0. The van der Waals surface area contributed by atoms with E-state index in [2.05, 4.69) is 26.5 Å². The van der Waals surface area contributed by atoms with Gasteiger partial charge in [0.2, 0.25) is 5.91 Å². The molecule has 2 aromatic heterocycles. The highest BCUT2D eigenvalue weighted by Gasteiger charge is 2.16. The van der Waals surface area contributed by atoms with E-state index in [1.807, 2.05) is 30.3 Å². The fraction of sp³-hybridized carbons (Fsp3) is 0.125. The predicted octanol–water partition coefficient (Wildman–Crippen LogP) is 2.66. The highest BCUT2D eigenvalue weighted by molar-refractivity contribution is 8.00. The molecule has 1 N–H and O–H groups in total. The van der Waals surface area contributed by atoms with Gasteiger partial charge in [-0.15, -0.1) is 6.58 Å². The summed E-state index contributed by atoms with van der Waals surface area (Å²) in [4.78, 5) is 29.6. The molecule has 1 amide bonds. The Kier molecular flexibility index (Phi) is 4.68. The van der Waals surface area contributed by atoms with Crippen LogP contribution in [0.5, 0.6) is 0 Å². The van der Waals surface area contributed by atoms with Gasteiger partial charge in [0.05, 0.1) is 12.1 Å². The summed E-state index contributed by atoms with van der Waals surface area (Å²) in [5.41, 5.74) is 2.20. The molecule has 0 radical (unpaired) electrons. The molecule has 0 aliphatic heterocycles. The number of nitrogens with one attached hydrogen (secondary N) is 1. The van der Waals surface area contributed by atoms with Crippen LogP contribution in [-0.4, -0.2) is 38.1 Å². The van der Waals surface area contributed by atoms with E-state index in [1.165, 1.54) is 18.1 Å². The number of hydrogen-bond acceptors (Lipinski definition) is 5. The van der Waals surface area contributed by atoms with Crippen molar-refractivity contribution in [1.82, 2.24) is 19.9 Å². The molecule has 0 saturated heterocycles. The minimum atomic E-state index is -0.00706. The molecule has 116 valence electrons. The molecule has 0 fully saturated rings. The number of anilines is 1. The van der Waals surface area contributed by atoms with Crippen LogP contribution in [-0.2, 0) is 4.79 Å². The lowest BCUT2D eigenvalue weighted by Gasteiger charge is -2.21. The highest BCUT2D eigenvalue weighted by Crippen LogP contribution is 2.23. The summed E-state index contributed by atoms with van der Waals surface area (Å²) in [7, 11) is 0. The lowest BCUT2D eigenvalue weighted by atomic mass is 10.3. The maximum atomic E-state index is 12.6. The number of amides is 1. The summed E-state index contributed by atoms with van der Waals surface area (Å²) in [6.45, 7) is 4.19. The van der Waals surface area contributed by atoms with Crippen molar-refractivity contribution in [3.8, 4) is 0 Å². The number of rotatable bonds is 6. The fourth-order valence-electron chi connectivity index (χ4n) is 2.15. The van der Waals surface area contributed by atoms with Crippen molar-refractivity contribution in [2.24, 2.45) is 0 Å². The molecule has 3 rings (SSSR count). The van der Waals surface area contributed by atoms with Crippen LogP contribution in [0, 0.1) is 0 Å². The normalized spacial score (nSPS) is 10.6. The summed E-state index contributed by atoms with van der Waals surface area (Å²) in [6.07, 6.45) is 4.74. The van der Waals surface area contributed by atoms with Crippen molar-refractivity contribution in [2.45, 2.75) is 5.03 Å². The standard InChI is InChI=1S/C16H15N5OS/c1-2-8-21(12-6-4-3-5-7-12)13(22)9-23-16-14-15(18-10-17-14)19-11-20-16/h2-7,10-11H,1,8-9H2,(H,17,18,19,20). The topological polar surface area (TPSA) is 74.8 Å². The smallest absolute Gasteiger partial charge is 0.237 e. The summed E-state index contributed by atoms with van der Waals surface area (Å²) in [5, 5.41) is 0.715. The number of imidazole rings is 1. The number of fused-ring (bicyclic) bond motifs is 1. The summed E-state index contributed by atoms with van der Waals surface area (Å²) in [5.74, 6) is 0.265. The third kappa shape index (κ3) is 3.40. The molecule has 0 spiro atoms. The van der Waals surface area contributed by atoms with Crippen molar-refractivity contribution in [3.63, 3.8) is 0 Å². The second-order valence-corrected chi connectivity index (χ2v) is 5.66. The first-order valence-corrected chi connectivity index (χ1v) is 8.01. The van der Waals surface area contributed by atoms with Crippen molar-refractivity contribution in [2.75, 3.05) is 17.2 Å². The molecule has 0 unspecified atom stereocenters. The Labute approximate surface area is 137 Å². The van der Waals surface area contributed by atoms with Gasteiger partial charge >= 0.3 is 0 Å². The SMILES string of the molecule is C=CCN(C(=O)CSc1ncnc2nc[nH]c12)c1ccccc1. The Morgan fingerprint density at radius 2 is 2.09 bits per heavy atom. The van der Waals surface area contributed by atoms with E-state index in [0.717, 1.165) is 11.2 Å². The molecule has 7 heteroatoms. The van der Waals surface area contributed by atoms with Gasteiger partial charge < -0.3 is 9.88 Å². The van der Waals surface area contributed by atoms with Crippen molar-refractivity contribution < 1.29 is 4.79 Å². The molecular weight excluding hydrogens is 310 g/mol. The van der Waals surface area contributed by atoms with Gasteiger partial charge in [-0.05, 0) is 12.1 Å². The molecular formula is C16H15N5OS. The molecule has 0 bridgehead atoms. The maximum Gasteiger partial charge on any atom is 0.237 e. The third-order valence-corrected chi connectivity index (χ3v) is 4.18. The van der Waals surface area contributed by atoms with Gasteiger partial charge in [0.1, 0.15) is 16.9 Å². The van der Waals surface area contributed by atoms with E-state index in [4.69, 9.17) is 0 Å². The van der Waals surface area contributed by atoms with Gasteiger partial charge in [0.15, 0.2) is 5.65 Å². The molecule has 0 atom stereocenters. The molecule has 2 heterocycles. The lowest BCUT2D eigenvalue weighted by molar-refractivity contribution is -0.116. The molecule has 0 aliphatic carbocycles. The van der Waals surface area contributed by atoms with Crippen LogP contribution >= 0.6 is 11.8 Å². The van der Waals surface area contributed by atoms with E-state index in [-0.39, 0.29) is 11.7 Å². The first kappa shape index (κ1) is 15.2. The monoisotopic (exact) mass is 325 g/mol. The number of thioether (sulfide) groups is 1. The second-order valence-electron chi connectivity index (χ2n) is 4.70. The van der Waals surface area contributed by atoms with Crippen LogP contribution in [0.3, 0.4) is 0 Å². The molecule has 0 aliphatic rings. The van der Waals surface area contributed by atoms with Gasteiger partial charge in [-0.25, -0.2) is 15.0 Å². The number of nitrogens with zero attached hydrogens (tertiary/aromatic N) is 4. The molecule has 23 heavy (non-hydrogen) atoms. The Hall–Kier alpha value is -2.67. The number of para-hydroxylation sites is 1. The van der Waals surface area contributed by atoms with Crippen LogP contribution in [0.15, 0.2) is 60.7 Å². The number of aromatic nitrogens is 4. The average molecular weight is 325 g/mol. The molecule has 1 aromatic carbocycles. The quantitative estimate of drug-likeness (QED) is 0.428. The number of carbonyl (C=O) groups excluding carboxylic acids is 1. The maximum absolute atomic E-state index is 12.6. The zero-order valence-corrected chi connectivity index (χ0v) is 13.2. The average Bonchev–Trinajstić information content (AvgIpc) is 3.07. The Balaban J connectivity index is 1.74. The van der Waals surface area contributed by atoms with E-state index < -0.39 is 0 Å². The first-order valence-electron chi connectivity index (χ1n) is 7.03. The molecule has 6 nitrogen and oxygen atoms in total. The Morgan fingerprint density at radius 3 is 2.87 bits per heavy atom. The zero-order valence-electron chi connectivity index (χ0n) is 12.3. The van der Waals surface area contributed by atoms with Crippen molar-refractivity contribution >= 4 is 34.5 Å². The summed E-state index contributed by atoms with van der Waals surface area (Å²) >= 11 is 1.36. The van der Waals surface area contributed by atoms with E-state index in [9.17, 15) is 4.79 Å². The van der Waals surface area contributed by atoms with Gasteiger partial charge in [-0.2, -0.15) is 0 Å². The Bertz CT molecular complexity index is 817. The minimum Gasteiger partial charge on any atom is -0.341 e. The third-order valence-electron chi connectivity index (χ3n) is 3.20. The first-order chi connectivity index (χ1) is 11.3. The van der Waals surface area contributed by atoms with Crippen LogP contribution < -0.4 is 4.90 Å². The van der Waals surface area contributed by atoms with Crippen LogP contribution in [0.1, 0.15) is 0 Å². The number of carbonyl (C=O) groups is 1. The molecule has 0 saturated carbocycles. The van der Waals surface area contributed by atoms with Gasteiger partial charge in [-0.3, -0.25) is 4.79 Å². The van der Waals surface area contributed by atoms with Gasteiger partial charge in [0.25, 0.3) is 0 Å². The zero-order chi connectivity index (χ0) is 16.1. The van der Waals surface area contributed by atoms with Crippen LogP contribution in [0.25, 0.3) is 11.2 Å². The number of H-pyrrole nitrogens is 1. The Morgan fingerprint density at radius 1 is 1.26 bits per heavy atom. The second kappa shape index (κ2) is 7.06. The van der Waals surface area contributed by atoms with Crippen LogP contribution in [0.4, 0.5) is 5.69 Å². The van der Waals surface area contributed by atoms with Gasteiger partial charge in [0, 0.05) is 12.2 Å². The van der Waals surface area contributed by atoms with Gasteiger partial charge in [-0.1, -0.05) is 36.0 Å².